The molecule has 9 heteroatoms. The van der Waals surface area contributed by atoms with Gasteiger partial charge in [0.25, 0.3) is 0 Å². The molecule has 2 aromatic carbocycles. The van der Waals surface area contributed by atoms with Gasteiger partial charge in [-0.05, 0) is 18.6 Å². The summed E-state index contributed by atoms with van der Waals surface area (Å²) in [5.41, 5.74) is 3.45. The molecule has 0 saturated carbocycles. The van der Waals surface area contributed by atoms with E-state index in [1.165, 1.54) is 6.33 Å². The molecule has 0 aliphatic carbocycles. The fourth-order valence-electron chi connectivity index (χ4n) is 4.56. The number of hydrogen-bond acceptors (Lipinski definition) is 6. The van der Waals surface area contributed by atoms with Gasteiger partial charge in [-0.15, -0.1) is 0 Å². The predicted octanol–water partition coefficient (Wildman–Crippen LogP) is 3.44. The highest BCUT2D eigenvalue weighted by atomic mass is 35.5. The summed E-state index contributed by atoms with van der Waals surface area (Å²) in [7, 11) is 0. The topological polar surface area (TPSA) is 79.0 Å². The lowest BCUT2D eigenvalue weighted by Crippen LogP contribution is -2.53. The average Bonchev–Trinajstić information content (AvgIpc) is 3.17. The van der Waals surface area contributed by atoms with Crippen molar-refractivity contribution in [3.8, 4) is 16.9 Å². The van der Waals surface area contributed by atoms with Gasteiger partial charge in [0.2, 0.25) is 0 Å². The van der Waals surface area contributed by atoms with Crippen LogP contribution in [0.25, 0.3) is 33.1 Å². The number of ether oxygens (including phenoxy) is 1. The quantitative estimate of drug-likeness (QED) is 0.487. The maximum atomic E-state index is 16.0. The van der Waals surface area contributed by atoms with Crippen molar-refractivity contribution < 1.29 is 9.13 Å². The summed E-state index contributed by atoms with van der Waals surface area (Å²) in [6.45, 7) is 4.69. The normalized spacial score (nSPS) is 18.4. The average molecular weight is 425 g/mol. The van der Waals surface area contributed by atoms with Gasteiger partial charge >= 0.3 is 0 Å². The van der Waals surface area contributed by atoms with Gasteiger partial charge in [0.05, 0.1) is 33.8 Å². The number of rotatable bonds is 1. The molecular weight excluding hydrogens is 407 g/mol. The second-order valence-electron chi connectivity index (χ2n) is 7.67. The van der Waals surface area contributed by atoms with Crippen LogP contribution in [0.5, 0.6) is 5.75 Å². The number of hydrogen-bond donors (Lipinski definition) is 2. The molecule has 2 aliphatic heterocycles. The fraction of sp³-hybridized carbons (Fsp3) is 0.286. The summed E-state index contributed by atoms with van der Waals surface area (Å²) in [6, 6.07) is 3.93. The van der Waals surface area contributed by atoms with Crippen LogP contribution in [-0.4, -0.2) is 52.2 Å². The van der Waals surface area contributed by atoms with Gasteiger partial charge in [-0.1, -0.05) is 17.7 Å². The first-order valence-corrected chi connectivity index (χ1v) is 10.2. The molecule has 7 nitrogen and oxygen atoms in total. The first-order chi connectivity index (χ1) is 14.6. The van der Waals surface area contributed by atoms with Crippen LogP contribution in [0.3, 0.4) is 0 Å². The molecule has 2 aliphatic rings. The highest BCUT2D eigenvalue weighted by molar-refractivity contribution is 6.37. The zero-order chi connectivity index (χ0) is 20.4. The number of aromatic amines is 1. The van der Waals surface area contributed by atoms with Crippen LogP contribution in [0.1, 0.15) is 5.56 Å². The summed E-state index contributed by atoms with van der Waals surface area (Å²) >= 11 is 6.85. The van der Waals surface area contributed by atoms with Crippen LogP contribution < -0.4 is 15.0 Å². The summed E-state index contributed by atoms with van der Waals surface area (Å²) in [5.74, 6) is 0.610. The van der Waals surface area contributed by atoms with Crippen molar-refractivity contribution in [2.24, 2.45) is 0 Å². The number of benzene rings is 2. The lowest BCUT2D eigenvalue weighted by molar-refractivity contribution is 0.274. The molecular formula is C21H18ClFN6O. The zero-order valence-electron chi connectivity index (χ0n) is 16.2. The minimum atomic E-state index is -0.488. The number of H-pyrrole nitrogens is 1. The number of fused-ring (bicyclic) bond motifs is 3. The molecule has 0 amide bonds. The van der Waals surface area contributed by atoms with E-state index in [1.807, 2.05) is 19.1 Å². The number of nitrogens with zero attached hydrogens (tertiary/aromatic N) is 4. The molecule has 6 rings (SSSR count). The Balaban J connectivity index is 1.71. The molecule has 1 fully saturated rings. The van der Waals surface area contributed by atoms with Crippen LogP contribution in [0.4, 0.5) is 10.2 Å². The van der Waals surface area contributed by atoms with Gasteiger partial charge in [-0.3, -0.25) is 0 Å². The smallest absolute Gasteiger partial charge is 0.159 e. The van der Waals surface area contributed by atoms with Gasteiger partial charge in [0, 0.05) is 30.8 Å². The molecule has 0 spiro atoms. The van der Waals surface area contributed by atoms with Crippen molar-refractivity contribution >= 4 is 39.4 Å². The van der Waals surface area contributed by atoms with Gasteiger partial charge in [-0.25, -0.2) is 19.3 Å². The Hall–Kier alpha value is -2.97. The Labute approximate surface area is 176 Å². The van der Waals surface area contributed by atoms with E-state index in [0.717, 1.165) is 30.7 Å². The third-order valence-electron chi connectivity index (χ3n) is 5.99. The van der Waals surface area contributed by atoms with Gasteiger partial charge in [0.1, 0.15) is 24.3 Å². The minimum absolute atomic E-state index is 0.0864. The van der Waals surface area contributed by atoms with E-state index in [4.69, 9.17) is 16.3 Å². The van der Waals surface area contributed by atoms with E-state index in [0.29, 0.717) is 34.6 Å². The number of aryl methyl sites for hydroxylation is 1. The highest BCUT2D eigenvalue weighted by Gasteiger charge is 2.34. The maximum Gasteiger partial charge on any atom is 0.159 e. The van der Waals surface area contributed by atoms with E-state index in [2.05, 4.69) is 30.2 Å². The predicted molar refractivity (Wildman–Crippen MR) is 114 cm³/mol. The molecule has 0 bridgehead atoms. The Bertz CT molecular complexity index is 1320. The Morgan fingerprint density at radius 2 is 2.10 bits per heavy atom. The molecule has 30 heavy (non-hydrogen) atoms. The van der Waals surface area contributed by atoms with Crippen molar-refractivity contribution in [3.63, 3.8) is 0 Å². The third kappa shape index (κ3) is 2.37. The highest BCUT2D eigenvalue weighted by Crippen LogP contribution is 2.48. The number of nitrogens with one attached hydrogen (secondary N) is 2. The molecule has 1 atom stereocenters. The van der Waals surface area contributed by atoms with Crippen LogP contribution in [0, 0.1) is 12.7 Å². The van der Waals surface area contributed by atoms with Crippen LogP contribution >= 0.6 is 11.6 Å². The third-order valence-corrected chi connectivity index (χ3v) is 6.35. The number of aromatic nitrogens is 4. The Morgan fingerprint density at radius 1 is 1.20 bits per heavy atom. The summed E-state index contributed by atoms with van der Waals surface area (Å²) < 4.78 is 22.2. The zero-order valence-corrected chi connectivity index (χ0v) is 16.9. The lowest BCUT2D eigenvalue weighted by Gasteiger charge is -2.35. The van der Waals surface area contributed by atoms with Crippen molar-refractivity contribution in [2.45, 2.75) is 13.0 Å². The number of imidazole rings is 1. The van der Waals surface area contributed by atoms with Gasteiger partial charge < -0.3 is 19.9 Å². The van der Waals surface area contributed by atoms with Crippen LogP contribution in [0.2, 0.25) is 5.02 Å². The summed E-state index contributed by atoms with van der Waals surface area (Å²) in [6.07, 6.45) is 3.01. The van der Waals surface area contributed by atoms with Crippen molar-refractivity contribution in [2.75, 3.05) is 31.1 Å². The molecule has 1 saturated heterocycles. The minimum Gasteiger partial charge on any atom is -0.489 e. The van der Waals surface area contributed by atoms with Crippen molar-refractivity contribution in [1.82, 2.24) is 25.3 Å². The van der Waals surface area contributed by atoms with E-state index < -0.39 is 5.82 Å². The molecule has 2 aromatic heterocycles. The van der Waals surface area contributed by atoms with E-state index in [9.17, 15) is 0 Å². The SMILES string of the molecule is Cc1ccc2[nH]cnc2c1-c1c(Cl)c2c3c(ncnc3c1F)N1CCNC[C@H]1CO2. The van der Waals surface area contributed by atoms with E-state index in [1.54, 1.807) is 6.33 Å². The molecule has 4 aromatic rings. The lowest BCUT2D eigenvalue weighted by atomic mass is 9.96. The summed E-state index contributed by atoms with van der Waals surface area (Å²) in [5, 5.41) is 4.13. The van der Waals surface area contributed by atoms with Gasteiger partial charge in [-0.2, -0.15) is 0 Å². The largest absolute Gasteiger partial charge is 0.489 e. The second-order valence-corrected chi connectivity index (χ2v) is 8.05. The fourth-order valence-corrected chi connectivity index (χ4v) is 4.88. The van der Waals surface area contributed by atoms with Crippen molar-refractivity contribution in [1.29, 1.82) is 0 Å². The second kappa shape index (κ2) is 6.52. The molecule has 0 unspecified atom stereocenters. The molecule has 2 N–H and O–H groups in total. The maximum absolute atomic E-state index is 16.0. The standard InChI is InChI=1S/C21H18ClFN6O/c1-10-2-3-12-18(26-8-25-12)13(10)14-16(22)20-15-19(17(14)23)27-9-28-21(15)29-5-4-24-6-11(29)7-30-20/h2-3,8-9,11,24H,4-7H2,1H3,(H,25,26)/t11-/m0/s1. The number of anilines is 1. The number of halogens is 2. The Kier molecular flexibility index (Phi) is 3.88. The van der Waals surface area contributed by atoms with Gasteiger partial charge in [0.15, 0.2) is 11.6 Å². The molecule has 0 radical (unpaired) electrons. The number of piperazine rings is 1. The van der Waals surface area contributed by atoms with E-state index in [-0.39, 0.29) is 22.1 Å². The van der Waals surface area contributed by atoms with E-state index >= 15 is 4.39 Å². The van der Waals surface area contributed by atoms with Crippen LogP contribution in [0.15, 0.2) is 24.8 Å². The van der Waals surface area contributed by atoms with Crippen LogP contribution in [-0.2, 0) is 0 Å². The van der Waals surface area contributed by atoms with Crippen molar-refractivity contribution in [3.05, 3.63) is 41.2 Å². The Morgan fingerprint density at radius 3 is 3.00 bits per heavy atom. The monoisotopic (exact) mass is 424 g/mol. The molecule has 4 heterocycles. The summed E-state index contributed by atoms with van der Waals surface area (Å²) in [4.78, 5) is 18.4. The molecule has 152 valence electrons. The first-order valence-electron chi connectivity index (χ1n) is 9.84. The first kappa shape index (κ1) is 17.9.